The summed E-state index contributed by atoms with van der Waals surface area (Å²) >= 11 is 1.37. The van der Waals surface area contributed by atoms with Crippen LogP contribution in [0, 0.1) is 0 Å². The first-order chi connectivity index (χ1) is 5.83. The van der Waals surface area contributed by atoms with E-state index in [2.05, 4.69) is 20.2 Å². The highest BCUT2D eigenvalue weighted by molar-refractivity contribution is 7.09. The number of carbonyl (C=O) groups excluding carboxylic acids is 1. The summed E-state index contributed by atoms with van der Waals surface area (Å²) in [7, 11) is 0. The van der Waals surface area contributed by atoms with Gasteiger partial charge in [-0.1, -0.05) is 0 Å². The molecule has 0 aromatic carbocycles. The van der Waals surface area contributed by atoms with Crippen molar-refractivity contribution in [3.8, 4) is 0 Å². The van der Waals surface area contributed by atoms with Crippen molar-refractivity contribution >= 4 is 17.2 Å². The van der Waals surface area contributed by atoms with Gasteiger partial charge in [-0.2, -0.15) is 0 Å². The van der Waals surface area contributed by atoms with E-state index in [1.165, 1.54) is 11.3 Å². The molecule has 1 aromatic heterocycles. The Kier molecular flexibility index (Phi) is 3.18. The zero-order valence-corrected chi connectivity index (χ0v) is 6.86. The molecule has 0 radical (unpaired) electrons. The van der Waals surface area contributed by atoms with Crippen molar-refractivity contribution in [1.82, 2.24) is 10.2 Å². The molecule has 1 heterocycles. The van der Waals surface area contributed by atoms with E-state index in [0.717, 1.165) is 5.01 Å². The number of aryl methyl sites for hydroxylation is 1. The molecule has 7 heteroatoms. The minimum Gasteiger partial charge on any atom is -0.293 e. The van der Waals surface area contributed by atoms with Crippen molar-refractivity contribution in [3.05, 3.63) is 21.0 Å². The number of nitrogens with zero attached hydrogens (tertiary/aromatic N) is 5. The number of hydrogen-bond donors (Lipinski definition) is 0. The van der Waals surface area contributed by atoms with Gasteiger partial charge in [-0.05, 0) is 10.6 Å². The standard InChI is InChI=1S/C5H5N5OS/c6-10-8-4(11)1-2-5-9-7-3-12-5/h3H,1-2H2. The minimum absolute atomic E-state index is 0.194. The number of rotatable bonds is 3. The third-order valence-corrected chi connectivity index (χ3v) is 1.87. The van der Waals surface area contributed by atoms with Gasteiger partial charge in [0.15, 0.2) is 0 Å². The van der Waals surface area contributed by atoms with Crippen LogP contribution in [0.2, 0.25) is 0 Å². The molecule has 0 bridgehead atoms. The van der Waals surface area contributed by atoms with E-state index in [1.807, 2.05) is 0 Å². The van der Waals surface area contributed by atoms with Gasteiger partial charge in [-0.15, -0.1) is 21.5 Å². The van der Waals surface area contributed by atoms with Gasteiger partial charge in [0, 0.05) is 17.8 Å². The quantitative estimate of drug-likeness (QED) is 0.401. The fourth-order valence-electron chi connectivity index (χ4n) is 0.619. The van der Waals surface area contributed by atoms with Gasteiger partial charge in [-0.25, -0.2) is 0 Å². The van der Waals surface area contributed by atoms with Crippen LogP contribution < -0.4 is 0 Å². The molecule has 0 N–H and O–H groups in total. The van der Waals surface area contributed by atoms with Crippen LogP contribution in [0.4, 0.5) is 0 Å². The van der Waals surface area contributed by atoms with Crippen molar-refractivity contribution in [2.75, 3.05) is 0 Å². The number of carbonyl (C=O) groups is 1. The molecule has 0 fully saturated rings. The number of aromatic nitrogens is 2. The molecule has 0 saturated carbocycles. The first kappa shape index (κ1) is 8.63. The SMILES string of the molecule is [N-]=[N+]=NC(=O)CCc1nncs1. The predicted octanol–water partition coefficient (Wildman–Crippen LogP) is 1.31. The van der Waals surface area contributed by atoms with Gasteiger partial charge in [0.25, 0.3) is 0 Å². The van der Waals surface area contributed by atoms with Crippen LogP contribution in [0.15, 0.2) is 10.6 Å². The summed E-state index contributed by atoms with van der Waals surface area (Å²) in [6.45, 7) is 0. The van der Waals surface area contributed by atoms with Gasteiger partial charge < -0.3 is 0 Å². The van der Waals surface area contributed by atoms with E-state index in [9.17, 15) is 4.79 Å². The maximum atomic E-state index is 10.7. The number of azide groups is 1. The first-order valence-electron chi connectivity index (χ1n) is 3.16. The van der Waals surface area contributed by atoms with E-state index in [1.54, 1.807) is 5.51 Å². The summed E-state index contributed by atoms with van der Waals surface area (Å²) < 4.78 is 0. The van der Waals surface area contributed by atoms with Crippen molar-refractivity contribution < 1.29 is 4.79 Å². The molecule has 1 aromatic rings. The molecule has 62 valence electrons. The molecule has 0 aliphatic carbocycles. The normalized spacial score (nSPS) is 9.00. The summed E-state index contributed by atoms with van der Waals surface area (Å²) in [4.78, 5) is 13.1. The summed E-state index contributed by atoms with van der Waals surface area (Å²) in [6, 6.07) is 0. The topological polar surface area (TPSA) is 91.6 Å². The molecule has 12 heavy (non-hydrogen) atoms. The molecular formula is C5H5N5OS. The molecule has 1 rings (SSSR count). The van der Waals surface area contributed by atoms with Crippen LogP contribution in [0.5, 0.6) is 0 Å². The maximum absolute atomic E-state index is 10.7. The molecule has 0 aliphatic heterocycles. The average Bonchev–Trinajstić information content (AvgIpc) is 2.53. The zero-order chi connectivity index (χ0) is 8.81. The van der Waals surface area contributed by atoms with E-state index >= 15 is 0 Å². The van der Waals surface area contributed by atoms with Crippen molar-refractivity contribution in [2.45, 2.75) is 12.8 Å². The lowest BCUT2D eigenvalue weighted by atomic mass is 10.3. The Labute approximate surface area is 71.9 Å². The van der Waals surface area contributed by atoms with Gasteiger partial charge in [0.2, 0.25) is 5.91 Å². The molecule has 0 aliphatic rings. The Morgan fingerprint density at radius 3 is 3.25 bits per heavy atom. The summed E-state index contributed by atoms with van der Waals surface area (Å²) in [5, 5.41) is 11.0. The lowest BCUT2D eigenvalue weighted by Gasteiger charge is -1.88. The van der Waals surface area contributed by atoms with Crippen LogP contribution in [0.25, 0.3) is 10.4 Å². The van der Waals surface area contributed by atoms with E-state index in [-0.39, 0.29) is 6.42 Å². The van der Waals surface area contributed by atoms with E-state index in [0.29, 0.717) is 6.42 Å². The summed E-state index contributed by atoms with van der Waals surface area (Å²) in [6.07, 6.45) is 0.682. The second kappa shape index (κ2) is 4.42. The molecule has 6 nitrogen and oxygen atoms in total. The van der Waals surface area contributed by atoms with Gasteiger partial charge in [0.05, 0.1) is 0 Å². The Bertz CT molecular complexity index is 302. The third kappa shape index (κ3) is 2.65. The van der Waals surface area contributed by atoms with Crippen LogP contribution in [0.1, 0.15) is 11.4 Å². The van der Waals surface area contributed by atoms with E-state index in [4.69, 9.17) is 5.53 Å². The Hall–Kier alpha value is -1.46. The molecular weight excluding hydrogens is 178 g/mol. The molecule has 0 atom stereocenters. The highest BCUT2D eigenvalue weighted by Crippen LogP contribution is 2.04. The van der Waals surface area contributed by atoms with Crippen LogP contribution in [-0.4, -0.2) is 16.1 Å². The molecule has 0 saturated heterocycles. The fraction of sp³-hybridized carbons (Fsp3) is 0.400. The second-order valence-electron chi connectivity index (χ2n) is 1.92. The summed E-state index contributed by atoms with van der Waals surface area (Å²) in [5.41, 5.74) is 9.50. The van der Waals surface area contributed by atoms with Gasteiger partial charge in [-0.3, -0.25) is 4.79 Å². The highest BCUT2D eigenvalue weighted by atomic mass is 32.1. The highest BCUT2D eigenvalue weighted by Gasteiger charge is 2.01. The smallest absolute Gasteiger partial charge is 0.219 e. The third-order valence-electron chi connectivity index (χ3n) is 1.11. The van der Waals surface area contributed by atoms with Crippen molar-refractivity contribution in [1.29, 1.82) is 0 Å². The van der Waals surface area contributed by atoms with E-state index < -0.39 is 5.91 Å². The Morgan fingerprint density at radius 2 is 2.67 bits per heavy atom. The van der Waals surface area contributed by atoms with Crippen LogP contribution in [0.3, 0.4) is 0 Å². The Morgan fingerprint density at radius 1 is 1.83 bits per heavy atom. The maximum Gasteiger partial charge on any atom is 0.219 e. The molecule has 1 amide bonds. The largest absolute Gasteiger partial charge is 0.293 e. The van der Waals surface area contributed by atoms with Crippen molar-refractivity contribution in [2.24, 2.45) is 5.11 Å². The predicted molar refractivity (Wildman–Crippen MR) is 42.4 cm³/mol. The number of amides is 1. The minimum atomic E-state index is -0.465. The average molecular weight is 183 g/mol. The lowest BCUT2D eigenvalue weighted by molar-refractivity contribution is -0.117. The number of hydrogen-bond acceptors (Lipinski definition) is 4. The van der Waals surface area contributed by atoms with Gasteiger partial charge in [0.1, 0.15) is 10.5 Å². The monoisotopic (exact) mass is 183 g/mol. The lowest BCUT2D eigenvalue weighted by Crippen LogP contribution is -1.94. The first-order valence-corrected chi connectivity index (χ1v) is 4.04. The van der Waals surface area contributed by atoms with Gasteiger partial charge >= 0.3 is 0 Å². The zero-order valence-electron chi connectivity index (χ0n) is 6.04. The summed E-state index contributed by atoms with van der Waals surface area (Å²) in [5.74, 6) is -0.465. The molecule has 0 unspecified atom stereocenters. The second-order valence-corrected chi connectivity index (χ2v) is 2.83. The molecule has 0 spiro atoms. The van der Waals surface area contributed by atoms with Crippen LogP contribution >= 0.6 is 11.3 Å². The fourth-order valence-corrected chi connectivity index (χ4v) is 1.15. The van der Waals surface area contributed by atoms with Crippen molar-refractivity contribution in [3.63, 3.8) is 0 Å². The van der Waals surface area contributed by atoms with Crippen LogP contribution in [-0.2, 0) is 11.2 Å². The Balaban J connectivity index is 2.36.